The molecule has 2 N–H and O–H groups in total. The molecule has 2 aliphatic carbocycles. The highest BCUT2D eigenvalue weighted by atomic mass is 32.2. The largest absolute Gasteiger partial charge is 0.495 e. The second-order valence-electron chi connectivity index (χ2n) is 8.19. The molecule has 1 heterocycles. The number of rotatable bonds is 8. The predicted molar refractivity (Wildman–Crippen MR) is 120 cm³/mol. The number of sulfonamides is 1. The van der Waals surface area contributed by atoms with E-state index in [0.717, 1.165) is 37.1 Å². The van der Waals surface area contributed by atoms with E-state index in [1.54, 1.807) is 10.7 Å². The molecular weight excluding hydrogens is 428 g/mol. The smallest absolute Gasteiger partial charge is 0.274 e. The molecule has 9 heteroatoms. The van der Waals surface area contributed by atoms with Gasteiger partial charge in [-0.05, 0) is 62.1 Å². The molecule has 8 nitrogen and oxygen atoms in total. The van der Waals surface area contributed by atoms with Gasteiger partial charge in [-0.1, -0.05) is 18.2 Å². The molecule has 0 radical (unpaired) electrons. The molecule has 2 fully saturated rings. The molecule has 1 amide bonds. The van der Waals surface area contributed by atoms with Gasteiger partial charge in [0.05, 0.1) is 29.1 Å². The molecule has 32 heavy (non-hydrogen) atoms. The number of ether oxygens (including phenoxy) is 1. The number of nitrogens with one attached hydrogen (secondary N) is 2. The Morgan fingerprint density at radius 3 is 2.47 bits per heavy atom. The first kappa shape index (κ1) is 20.7. The molecule has 2 aliphatic rings. The Balaban J connectivity index is 1.48. The van der Waals surface area contributed by atoms with Crippen molar-refractivity contribution in [2.75, 3.05) is 12.4 Å². The van der Waals surface area contributed by atoms with E-state index >= 15 is 0 Å². The zero-order valence-corrected chi connectivity index (χ0v) is 18.4. The Bertz CT molecular complexity index is 1260. The number of hydrogen-bond acceptors (Lipinski definition) is 5. The minimum absolute atomic E-state index is 0.0128. The third-order valence-electron chi connectivity index (χ3n) is 5.59. The van der Waals surface area contributed by atoms with Gasteiger partial charge in [-0.3, -0.25) is 4.79 Å². The minimum atomic E-state index is -3.67. The van der Waals surface area contributed by atoms with Crippen LogP contribution in [0.15, 0.2) is 59.5 Å². The van der Waals surface area contributed by atoms with Crippen LogP contribution in [0.2, 0.25) is 0 Å². The second kappa shape index (κ2) is 8.07. The van der Waals surface area contributed by atoms with Crippen LogP contribution in [-0.2, 0) is 10.0 Å². The van der Waals surface area contributed by atoms with Gasteiger partial charge < -0.3 is 10.1 Å². The fraction of sp³-hybridized carbons (Fsp3) is 0.304. The molecule has 0 aliphatic heterocycles. The van der Waals surface area contributed by atoms with Crippen molar-refractivity contribution in [2.45, 2.75) is 42.5 Å². The number of carbonyl (C=O) groups is 1. The zero-order chi connectivity index (χ0) is 22.3. The van der Waals surface area contributed by atoms with Crippen molar-refractivity contribution in [3.05, 3.63) is 66.0 Å². The van der Waals surface area contributed by atoms with E-state index in [4.69, 9.17) is 4.74 Å². The molecule has 5 rings (SSSR count). The molecule has 2 saturated carbocycles. The number of para-hydroxylation sites is 1. The standard InChI is InChI=1S/C23H24N4O4S/c1-31-22-12-11-18(32(29,30)26-16-9-10-16)13-20(22)24-23(28)21-14-19(15-7-8-15)25-27(21)17-5-3-2-4-6-17/h2-6,11-16,26H,7-10H2,1H3,(H,24,28). The Morgan fingerprint density at radius 2 is 1.81 bits per heavy atom. The summed E-state index contributed by atoms with van der Waals surface area (Å²) >= 11 is 0. The fourth-order valence-electron chi connectivity index (χ4n) is 3.53. The van der Waals surface area contributed by atoms with Crippen molar-refractivity contribution in [1.29, 1.82) is 0 Å². The van der Waals surface area contributed by atoms with Crippen LogP contribution < -0.4 is 14.8 Å². The highest BCUT2D eigenvalue weighted by molar-refractivity contribution is 7.89. The first-order valence-corrected chi connectivity index (χ1v) is 12.1. The summed E-state index contributed by atoms with van der Waals surface area (Å²) in [6.07, 6.45) is 3.81. The van der Waals surface area contributed by atoms with Crippen LogP contribution in [0.3, 0.4) is 0 Å². The minimum Gasteiger partial charge on any atom is -0.495 e. The summed E-state index contributed by atoms with van der Waals surface area (Å²) in [6, 6.07) is 15.7. The molecular formula is C23H24N4O4S. The van der Waals surface area contributed by atoms with E-state index in [0.29, 0.717) is 17.4 Å². The average Bonchev–Trinajstić information content (AvgIpc) is 3.73. The lowest BCUT2D eigenvalue weighted by atomic mass is 10.2. The van der Waals surface area contributed by atoms with Crippen molar-refractivity contribution >= 4 is 21.6 Å². The van der Waals surface area contributed by atoms with Crippen LogP contribution in [0.4, 0.5) is 5.69 Å². The van der Waals surface area contributed by atoms with E-state index in [-0.39, 0.29) is 16.6 Å². The monoisotopic (exact) mass is 452 g/mol. The van der Waals surface area contributed by atoms with Crippen LogP contribution >= 0.6 is 0 Å². The zero-order valence-electron chi connectivity index (χ0n) is 17.6. The SMILES string of the molecule is COc1ccc(S(=O)(=O)NC2CC2)cc1NC(=O)c1cc(C2CC2)nn1-c1ccccc1. The average molecular weight is 453 g/mol. The van der Waals surface area contributed by atoms with Gasteiger partial charge >= 0.3 is 0 Å². The van der Waals surface area contributed by atoms with Gasteiger partial charge in [0.2, 0.25) is 10.0 Å². The van der Waals surface area contributed by atoms with Gasteiger partial charge in [-0.15, -0.1) is 0 Å². The number of amides is 1. The lowest BCUT2D eigenvalue weighted by Crippen LogP contribution is -2.26. The van der Waals surface area contributed by atoms with E-state index in [2.05, 4.69) is 15.1 Å². The van der Waals surface area contributed by atoms with Gasteiger partial charge in [-0.2, -0.15) is 5.10 Å². The summed E-state index contributed by atoms with van der Waals surface area (Å²) in [5.41, 5.74) is 2.33. The number of carbonyl (C=O) groups excluding carboxylic acids is 1. The van der Waals surface area contributed by atoms with Gasteiger partial charge in [-0.25, -0.2) is 17.8 Å². The maximum Gasteiger partial charge on any atom is 0.274 e. The third-order valence-corrected chi connectivity index (χ3v) is 7.10. The molecule has 0 spiro atoms. The van der Waals surface area contributed by atoms with E-state index in [1.807, 2.05) is 36.4 Å². The van der Waals surface area contributed by atoms with Crippen molar-refractivity contribution in [2.24, 2.45) is 0 Å². The number of anilines is 1. The molecule has 166 valence electrons. The summed E-state index contributed by atoms with van der Waals surface area (Å²) in [5, 5.41) is 7.49. The maximum absolute atomic E-state index is 13.3. The van der Waals surface area contributed by atoms with Gasteiger partial charge in [0.25, 0.3) is 5.91 Å². The molecule has 0 saturated heterocycles. The highest BCUT2D eigenvalue weighted by Gasteiger charge is 2.30. The number of benzene rings is 2. The van der Waals surface area contributed by atoms with E-state index in [1.165, 1.54) is 19.2 Å². The summed E-state index contributed by atoms with van der Waals surface area (Å²) in [6.45, 7) is 0. The molecule has 0 bridgehead atoms. The van der Waals surface area contributed by atoms with Crippen molar-refractivity contribution < 1.29 is 17.9 Å². The van der Waals surface area contributed by atoms with Gasteiger partial charge in [0.15, 0.2) is 0 Å². The number of aromatic nitrogens is 2. The number of hydrogen-bond donors (Lipinski definition) is 2. The summed E-state index contributed by atoms with van der Waals surface area (Å²) in [5.74, 6) is 0.358. The number of nitrogens with zero attached hydrogens (tertiary/aromatic N) is 2. The first-order valence-electron chi connectivity index (χ1n) is 10.6. The van der Waals surface area contributed by atoms with E-state index < -0.39 is 15.9 Å². The first-order chi connectivity index (χ1) is 15.4. The summed E-state index contributed by atoms with van der Waals surface area (Å²) < 4.78 is 34.9. The van der Waals surface area contributed by atoms with Crippen LogP contribution in [0, 0.1) is 0 Å². The maximum atomic E-state index is 13.3. The normalized spacial score (nSPS) is 16.0. The van der Waals surface area contributed by atoms with Crippen LogP contribution in [0.1, 0.15) is 47.8 Å². The fourth-order valence-corrected chi connectivity index (χ4v) is 4.86. The van der Waals surface area contributed by atoms with Crippen molar-refractivity contribution in [3.8, 4) is 11.4 Å². The third kappa shape index (κ3) is 4.26. The lowest BCUT2D eigenvalue weighted by Gasteiger charge is -2.13. The molecule has 1 aromatic heterocycles. The topological polar surface area (TPSA) is 102 Å². The molecule has 0 atom stereocenters. The molecule has 3 aromatic rings. The highest BCUT2D eigenvalue weighted by Crippen LogP contribution is 2.40. The lowest BCUT2D eigenvalue weighted by molar-refractivity contribution is 0.101. The summed E-state index contributed by atoms with van der Waals surface area (Å²) in [7, 11) is -2.20. The van der Waals surface area contributed by atoms with Gasteiger partial charge in [0.1, 0.15) is 11.4 Å². The Hall–Kier alpha value is -3.17. The van der Waals surface area contributed by atoms with Crippen LogP contribution in [0.5, 0.6) is 5.75 Å². The van der Waals surface area contributed by atoms with Crippen molar-refractivity contribution in [3.63, 3.8) is 0 Å². The molecule has 0 unspecified atom stereocenters. The quantitative estimate of drug-likeness (QED) is 0.545. The van der Waals surface area contributed by atoms with E-state index in [9.17, 15) is 13.2 Å². The second-order valence-corrected chi connectivity index (χ2v) is 9.90. The van der Waals surface area contributed by atoms with Crippen molar-refractivity contribution in [1.82, 2.24) is 14.5 Å². The predicted octanol–water partition coefficient (Wildman–Crippen LogP) is 3.45. The number of methoxy groups -OCH3 is 1. The Morgan fingerprint density at radius 1 is 1.06 bits per heavy atom. The Labute approximate surface area is 186 Å². The van der Waals surface area contributed by atoms with Gasteiger partial charge in [0, 0.05) is 12.0 Å². The summed E-state index contributed by atoms with van der Waals surface area (Å²) in [4.78, 5) is 13.4. The van der Waals surface area contributed by atoms with Crippen LogP contribution in [-0.4, -0.2) is 37.3 Å². The van der Waals surface area contributed by atoms with Crippen LogP contribution in [0.25, 0.3) is 5.69 Å². The Kier molecular flexibility index (Phi) is 5.22. The molecule has 2 aromatic carbocycles.